The Morgan fingerprint density at radius 3 is 2.67 bits per heavy atom. The molecule has 0 radical (unpaired) electrons. The smallest absolute Gasteiger partial charge is 0.124 e. The predicted molar refractivity (Wildman–Crippen MR) is 78.1 cm³/mol. The fraction of sp³-hybridized carbons (Fsp3) is 0.533. The van der Waals surface area contributed by atoms with Crippen LogP contribution >= 0.6 is 11.6 Å². The van der Waals surface area contributed by atoms with Gasteiger partial charge in [-0.3, -0.25) is 0 Å². The third kappa shape index (κ3) is 2.54. The molecule has 1 heterocycles. The summed E-state index contributed by atoms with van der Waals surface area (Å²) in [7, 11) is 0. The molecule has 18 heavy (non-hydrogen) atoms. The molecule has 1 aromatic heterocycles. The number of alkyl halides is 1. The van der Waals surface area contributed by atoms with E-state index in [4.69, 9.17) is 11.6 Å². The normalized spacial score (nSPS) is 12.3. The Kier molecular flexibility index (Phi) is 3.67. The molecule has 0 bridgehead atoms. The highest BCUT2D eigenvalue weighted by atomic mass is 35.5. The first kappa shape index (κ1) is 13.4. The van der Waals surface area contributed by atoms with Gasteiger partial charge in [0.25, 0.3) is 0 Å². The van der Waals surface area contributed by atoms with Crippen LogP contribution in [-0.2, 0) is 12.4 Å². The van der Waals surface area contributed by atoms with Crippen LogP contribution in [0.2, 0.25) is 0 Å². The molecule has 0 atom stereocenters. The molecule has 0 saturated heterocycles. The van der Waals surface area contributed by atoms with E-state index in [1.54, 1.807) is 0 Å². The van der Waals surface area contributed by atoms with Crippen LogP contribution in [0.25, 0.3) is 11.0 Å². The van der Waals surface area contributed by atoms with Crippen LogP contribution < -0.4 is 0 Å². The van der Waals surface area contributed by atoms with Gasteiger partial charge in [0, 0.05) is 6.54 Å². The number of hydrogen-bond acceptors (Lipinski definition) is 1. The first-order valence-corrected chi connectivity index (χ1v) is 7.02. The third-order valence-corrected chi connectivity index (χ3v) is 3.88. The Balaban J connectivity index is 2.55. The average molecular weight is 265 g/mol. The maximum Gasteiger partial charge on any atom is 0.124 e. The second-order valence-electron chi connectivity index (χ2n) is 5.76. The number of nitrogens with zero attached hydrogens (tertiary/aromatic N) is 2. The molecule has 0 fully saturated rings. The zero-order valence-corrected chi connectivity index (χ0v) is 12.4. The number of aryl methyl sites for hydroxylation is 1. The van der Waals surface area contributed by atoms with Gasteiger partial charge in [-0.25, -0.2) is 4.98 Å². The second kappa shape index (κ2) is 4.93. The molecule has 0 unspecified atom stereocenters. The fourth-order valence-corrected chi connectivity index (χ4v) is 2.30. The molecule has 1 aromatic carbocycles. The average Bonchev–Trinajstić information content (AvgIpc) is 2.67. The first-order chi connectivity index (χ1) is 8.46. The van der Waals surface area contributed by atoms with Gasteiger partial charge in [0.05, 0.1) is 16.9 Å². The van der Waals surface area contributed by atoms with E-state index in [1.165, 1.54) is 11.1 Å². The van der Waals surface area contributed by atoms with Crippen molar-refractivity contribution < 1.29 is 0 Å². The second-order valence-corrected chi connectivity index (χ2v) is 6.03. The number of hydrogen-bond donors (Lipinski definition) is 0. The third-order valence-electron chi connectivity index (χ3n) is 3.65. The van der Waals surface area contributed by atoms with Crippen LogP contribution in [0.3, 0.4) is 0 Å². The van der Waals surface area contributed by atoms with Crippen LogP contribution in [0.15, 0.2) is 18.2 Å². The lowest BCUT2D eigenvalue weighted by Crippen LogP contribution is -2.19. The summed E-state index contributed by atoms with van der Waals surface area (Å²) >= 11 is 6.03. The SMILES string of the molecule is CCC(C)(C)Cn1c(CCl)nc2ccc(C)cc21. The summed E-state index contributed by atoms with van der Waals surface area (Å²) < 4.78 is 2.28. The minimum Gasteiger partial charge on any atom is -0.326 e. The van der Waals surface area contributed by atoms with Crippen molar-refractivity contribution in [3.8, 4) is 0 Å². The highest BCUT2D eigenvalue weighted by Gasteiger charge is 2.19. The summed E-state index contributed by atoms with van der Waals surface area (Å²) in [6.07, 6.45) is 1.14. The van der Waals surface area contributed by atoms with Crippen molar-refractivity contribution in [2.75, 3.05) is 0 Å². The quantitative estimate of drug-likeness (QED) is 0.743. The maximum absolute atomic E-state index is 6.03. The number of aromatic nitrogens is 2. The fourth-order valence-electron chi connectivity index (χ4n) is 2.10. The minimum atomic E-state index is 0.262. The van der Waals surface area contributed by atoms with E-state index in [0.29, 0.717) is 5.88 Å². The molecular formula is C15H21ClN2. The van der Waals surface area contributed by atoms with E-state index in [-0.39, 0.29) is 5.41 Å². The summed E-state index contributed by atoms with van der Waals surface area (Å²) in [6, 6.07) is 6.38. The highest BCUT2D eigenvalue weighted by Crippen LogP contribution is 2.27. The van der Waals surface area contributed by atoms with E-state index in [9.17, 15) is 0 Å². The Bertz CT molecular complexity index is 555. The number of fused-ring (bicyclic) bond motifs is 1. The van der Waals surface area contributed by atoms with Crippen molar-refractivity contribution in [1.29, 1.82) is 0 Å². The molecule has 2 aromatic rings. The molecule has 0 spiro atoms. The lowest BCUT2D eigenvalue weighted by atomic mass is 9.90. The van der Waals surface area contributed by atoms with Crippen molar-refractivity contribution in [2.45, 2.75) is 46.5 Å². The van der Waals surface area contributed by atoms with Gasteiger partial charge in [0.1, 0.15) is 5.82 Å². The molecule has 2 nitrogen and oxygen atoms in total. The largest absolute Gasteiger partial charge is 0.326 e. The van der Waals surface area contributed by atoms with Crippen molar-refractivity contribution >= 4 is 22.6 Å². The van der Waals surface area contributed by atoms with Crippen LogP contribution in [0, 0.1) is 12.3 Å². The lowest BCUT2D eigenvalue weighted by Gasteiger charge is -2.24. The molecule has 0 aliphatic rings. The van der Waals surface area contributed by atoms with Crippen molar-refractivity contribution in [1.82, 2.24) is 9.55 Å². The molecule has 98 valence electrons. The van der Waals surface area contributed by atoms with Gasteiger partial charge in [0.2, 0.25) is 0 Å². The zero-order chi connectivity index (χ0) is 13.3. The summed E-state index contributed by atoms with van der Waals surface area (Å²) in [5, 5.41) is 0. The van der Waals surface area contributed by atoms with E-state index in [0.717, 1.165) is 24.3 Å². The van der Waals surface area contributed by atoms with Gasteiger partial charge in [0.15, 0.2) is 0 Å². The molecule has 0 amide bonds. The number of imidazole rings is 1. The number of halogens is 1. The Morgan fingerprint density at radius 2 is 2.06 bits per heavy atom. The maximum atomic E-state index is 6.03. The summed E-state index contributed by atoms with van der Waals surface area (Å²) in [5.74, 6) is 1.44. The van der Waals surface area contributed by atoms with E-state index < -0.39 is 0 Å². The topological polar surface area (TPSA) is 17.8 Å². The van der Waals surface area contributed by atoms with Crippen LogP contribution in [-0.4, -0.2) is 9.55 Å². The van der Waals surface area contributed by atoms with Crippen LogP contribution in [0.4, 0.5) is 0 Å². The molecule has 0 saturated carbocycles. The number of benzene rings is 1. The van der Waals surface area contributed by atoms with Gasteiger partial charge in [-0.2, -0.15) is 0 Å². The van der Waals surface area contributed by atoms with Gasteiger partial charge in [-0.1, -0.05) is 26.8 Å². The highest BCUT2D eigenvalue weighted by molar-refractivity contribution is 6.16. The summed E-state index contributed by atoms with van der Waals surface area (Å²) in [5.41, 5.74) is 3.77. The van der Waals surface area contributed by atoms with E-state index in [1.807, 2.05) is 0 Å². The first-order valence-electron chi connectivity index (χ1n) is 6.48. The lowest BCUT2D eigenvalue weighted by molar-refractivity contribution is 0.295. The van der Waals surface area contributed by atoms with Gasteiger partial charge < -0.3 is 4.57 Å². The molecule has 3 heteroatoms. The van der Waals surface area contributed by atoms with Crippen molar-refractivity contribution in [3.63, 3.8) is 0 Å². The molecule has 0 aliphatic heterocycles. The summed E-state index contributed by atoms with van der Waals surface area (Å²) in [6.45, 7) is 9.87. The van der Waals surface area contributed by atoms with Crippen molar-refractivity contribution in [3.05, 3.63) is 29.6 Å². The standard InChI is InChI=1S/C15H21ClN2/c1-5-15(3,4)10-18-13-8-11(2)6-7-12(13)17-14(18)9-16/h6-8H,5,9-10H2,1-4H3. The van der Waals surface area contributed by atoms with Crippen LogP contribution in [0.1, 0.15) is 38.6 Å². The zero-order valence-electron chi connectivity index (χ0n) is 11.6. The monoisotopic (exact) mass is 264 g/mol. The number of rotatable bonds is 4. The van der Waals surface area contributed by atoms with Gasteiger partial charge >= 0.3 is 0 Å². The Hall–Kier alpha value is -1.02. The minimum absolute atomic E-state index is 0.262. The molecule has 2 rings (SSSR count). The predicted octanol–water partition coefficient (Wildman–Crippen LogP) is 4.52. The Morgan fingerprint density at radius 1 is 1.33 bits per heavy atom. The van der Waals surface area contributed by atoms with E-state index in [2.05, 4.69) is 55.4 Å². The van der Waals surface area contributed by atoms with Crippen LogP contribution in [0.5, 0.6) is 0 Å². The molecule has 0 aliphatic carbocycles. The van der Waals surface area contributed by atoms with Gasteiger partial charge in [-0.05, 0) is 36.5 Å². The Labute approximate surface area is 114 Å². The van der Waals surface area contributed by atoms with E-state index >= 15 is 0 Å². The van der Waals surface area contributed by atoms with Crippen molar-refractivity contribution in [2.24, 2.45) is 5.41 Å². The van der Waals surface area contributed by atoms with Gasteiger partial charge in [-0.15, -0.1) is 11.6 Å². The molecule has 0 N–H and O–H groups in total. The molecular weight excluding hydrogens is 244 g/mol. The summed E-state index contributed by atoms with van der Waals surface area (Å²) in [4.78, 5) is 4.62.